The van der Waals surface area contributed by atoms with E-state index in [1.807, 2.05) is 17.7 Å². The number of hydrogen-bond acceptors (Lipinski definition) is 6. The van der Waals surface area contributed by atoms with Crippen LogP contribution >= 0.6 is 11.6 Å². The first kappa shape index (κ1) is 18.6. The van der Waals surface area contributed by atoms with E-state index in [1.165, 1.54) is 25.4 Å². The van der Waals surface area contributed by atoms with Gasteiger partial charge in [0.1, 0.15) is 17.3 Å². The van der Waals surface area contributed by atoms with Gasteiger partial charge in [-0.15, -0.1) is 0 Å². The highest BCUT2D eigenvalue weighted by Gasteiger charge is 2.24. The summed E-state index contributed by atoms with van der Waals surface area (Å²) in [5, 5.41) is 4.60. The Kier molecular flexibility index (Phi) is 4.64. The Balaban J connectivity index is 1.74. The molecule has 0 amide bonds. The number of sulfonamides is 1. The number of pyridine rings is 1. The second kappa shape index (κ2) is 6.99. The fourth-order valence-corrected chi connectivity index (χ4v) is 4.49. The van der Waals surface area contributed by atoms with Crippen molar-refractivity contribution in [2.24, 2.45) is 0 Å². The third kappa shape index (κ3) is 3.27. The smallest absolute Gasteiger partial charge is 0.265 e. The third-order valence-electron chi connectivity index (χ3n) is 4.34. The van der Waals surface area contributed by atoms with Crippen LogP contribution in [-0.2, 0) is 10.0 Å². The number of anilines is 1. The zero-order valence-electron chi connectivity index (χ0n) is 15.1. The largest absolute Gasteiger partial charge is 0.495 e. The molecule has 0 spiro atoms. The van der Waals surface area contributed by atoms with Gasteiger partial charge in [-0.2, -0.15) is 5.10 Å². The Morgan fingerprint density at radius 1 is 1.32 bits per heavy atom. The van der Waals surface area contributed by atoms with E-state index < -0.39 is 10.0 Å². The van der Waals surface area contributed by atoms with Gasteiger partial charge in [0.05, 0.1) is 36.3 Å². The number of nitrogens with zero attached hydrogens (tertiary/aromatic N) is 3. The number of rotatable bonds is 4. The second-order valence-electron chi connectivity index (χ2n) is 6.30. The van der Waals surface area contributed by atoms with Crippen molar-refractivity contribution >= 4 is 27.3 Å². The van der Waals surface area contributed by atoms with Crippen LogP contribution in [0.2, 0.25) is 5.02 Å². The van der Waals surface area contributed by atoms with Crippen LogP contribution in [0.15, 0.2) is 47.6 Å². The summed E-state index contributed by atoms with van der Waals surface area (Å²) < 4.78 is 41.0. The molecule has 1 aliphatic rings. The van der Waals surface area contributed by atoms with E-state index in [1.54, 1.807) is 18.3 Å². The Morgan fingerprint density at radius 3 is 2.93 bits per heavy atom. The molecule has 0 radical (unpaired) electrons. The molecular formula is C18H17ClN4O4S. The molecule has 146 valence electrons. The van der Waals surface area contributed by atoms with Crippen LogP contribution in [0.1, 0.15) is 13.0 Å². The van der Waals surface area contributed by atoms with E-state index in [9.17, 15) is 8.42 Å². The molecule has 1 aromatic carbocycles. The lowest BCUT2D eigenvalue weighted by atomic mass is 10.2. The summed E-state index contributed by atoms with van der Waals surface area (Å²) in [6.07, 6.45) is 3.10. The van der Waals surface area contributed by atoms with E-state index in [0.717, 1.165) is 5.69 Å². The highest BCUT2D eigenvalue weighted by molar-refractivity contribution is 7.92. The maximum atomic E-state index is 12.9. The molecule has 0 bridgehead atoms. The SMILES string of the molecule is COc1ccc(Cl)cc1S(=O)(=O)Nc1cnc2c(c1)-c1ccnn1[C@@H](C)CO2. The monoisotopic (exact) mass is 420 g/mol. The van der Waals surface area contributed by atoms with Crippen LogP contribution in [-0.4, -0.2) is 36.9 Å². The molecule has 0 saturated carbocycles. The summed E-state index contributed by atoms with van der Waals surface area (Å²) in [6.45, 7) is 2.40. The normalized spacial score (nSPS) is 15.8. The molecule has 3 aromatic rings. The van der Waals surface area contributed by atoms with Gasteiger partial charge in [0.15, 0.2) is 0 Å². The molecule has 8 nitrogen and oxygen atoms in total. The molecule has 28 heavy (non-hydrogen) atoms. The number of ether oxygens (including phenoxy) is 2. The molecule has 4 rings (SSSR count). The highest BCUT2D eigenvalue weighted by Crippen LogP contribution is 2.36. The fourth-order valence-electron chi connectivity index (χ4n) is 3.03. The summed E-state index contributed by atoms with van der Waals surface area (Å²) in [5.41, 5.74) is 1.74. The van der Waals surface area contributed by atoms with Gasteiger partial charge in [-0.3, -0.25) is 9.40 Å². The van der Waals surface area contributed by atoms with Gasteiger partial charge in [-0.1, -0.05) is 11.6 Å². The van der Waals surface area contributed by atoms with Crippen molar-refractivity contribution in [2.45, 2.75) is 17.9 Å². The minimum absolute atomic E-state index is 0.0232. The number of halogens is 1. The molecule has 0 unspecified atom stereocenters. The van der Waals surface area contributed by atoms with Gasteiger partial charge in [0.25, 0.3) is 10.0 Å². The summed E-state index contributed by atoms with van der Waals surface area (Å²) in [7, 11) is -2.56. The topological polar surface area (TPSA) is 95.3 Å². The number of aromatic nitrogens is 3. The lowest BCUT2D eigenvalue weighted by Gasteiger charge is -2.13. The van der Waals surface area contributed by atoms with Crippen molar-refractivity contribution in [3.63, 3.8) is 0 Å². The maximum Gasteiger partial charge on any atom is 0.265 e. The summed E-state index contributed by atoms with van der Waals surface area (Å²) in [5.74, 6) is 0.615. The van der Waals surface area contributed by atoms with Crippen LogP contribution in [0.3, 0.4) is 0 Å². The zero-order chi connectivity index (χ0) is 19.9. The minimum atomic E-state index is -3.95. The average Bonchev–Trinajstić information content (AvgIpc) is 3.11. The van der Waals surface area contributed by atoms with E-state index in [2.05, 4.69) is 14.8 Å². The second-order valence-corrected chi connectivity index (χ2v) is 8.39. The molecule has 1 atom stereocenters. The molecule has 0 fully saturated rings. The van der Waals surface area contributed by atoms with E-state index in [0.29, 0.717) is 18.1 Å². The zero-order valence-corrected chi connectivity index (χ0v) is 16.7. The molecule has 3 heterocycles. The molecule has 10 heteroatoms. The van der Waals surface area contributed by atoms with Crippen LogP contribution < -0.4 is 14.2 Å². The van der Waals surface area contributed by atoms with Crippen LogP contribution in [0.4, 0.5) is 5.69 Å². The lowest BCUT2D eigenvalue weighted by molar-refractivity contribution is 0.252. The number of nitrogens with one attached hydrogen (secondary N) is 1. The van der Waals surface area contributed by atoms with E-state index in [4.69, 9.17) is 21.1 Å². The van der Waals surface area contributed by atoms with Gasteiger partial charge in [0.2, 0.25) is 5.88 Å². The van der Waals surface area contributed by atoms with Crippen molar-refractivity contribution in [3.05, 3.63) is 47.7 Å². The summed E-state index contributed by atoms with van der Waals surface area (Å²) in [6, 6.07) is 7.92. The number of fused-ring (bicyclic) bond motifs is 3. The van der Waals surface area contributed by atoms with E-state index in [-0.39, 0.29) is 27.4 Å². The van der Waals surface area contributed by atoms with Crippen molar-refractivity contribution in [1.82, 2.24) is 14.8 Å². The maximum absolute atomic E-state index is 12.9. The first-order chi connectivity index (χ1) is 13.4. The lowest BCUT2D eigenvalue weighted by Crippen LogP contribution is -2.14. The van der Waals surface area contributed by atoms with Gasteiger partial charge < -0.3 is 9.47 Å². The summed E-state index contributed by atoms with van der Waals surface area (Å²) in [4.78, 5) is 4.22. The number of benzene rings is 1. The van der Waals surface area contributed by atoms with E-state index >= 15 is 0 Å². The molecule has 1 aliphatic heterocycles. The first-order valence-electron chi connectivity index (χ1n) is 8.42. The van der Waals surface area contributed by atoms with Crippen LogP contribution in [0.5, 0.6) is 11.6 Å². The predicted octanol–water partition coefficient (Wildman–Crippen LogP) is 3.36. The molecule has 0 aliphatic carbocycles. The van der Waals surface area contributed by atoms with Gasteiger partial charge >= 0.3 is 0 Å². The molecule has 2 aromatic heterocycles. The first-order valence-corrected chi connectivity index (χ1v) is 10.3. The number of hydrogen-bond donors (Lipinski definition) is 1. The van der Waals surface area contributed by atoms with Crippen LogP contribution in [0, 0.1) is 0 Å². The van der Waals surface area contributed by atoms with Crippen molar-refractivity contribution in [3.8, 4) is 22.9 Å². The minimum Gasteiger partial charge on any atom is -0.495 e. The molecular weight excluding hydrogens is 404 g/mol. The standard InChI is InChI=1S/C18H17ClN4O4S/c1-11-10-27-18-14(15-5-6-21-23(11)15)8-13(9-20-18)22-28(24,25)17-7-12(19)3-4-16(17)26-2/h3-9,11,22H,10H2,1-2H3/t11-/m0/s1. The molecule has 0 saturated heterocycles. The van der Waals surface area contributed by atoms with Crippen LogP contribution in [0.25, 0.3) is 11.3 Å². The quantitative estimate of drug-likeness (QED) is 0.695. The van der Waals surface area contributed by atoms with Crippen molar-refractivity contribution < 1.29 is 17.9 Å². The third-order valence-corrected chi connectivity index (χ3v) is 5.98. The fraction of sp³-hybridized carbons (Fsp3) is 0.222. The molecule has 1 N–H and O–H groups in total. The Bertz CT molecular complexity index is 1150. The predicted molar refractivity (Wildman–Crippen MR) is 104 cm³/mol. The Morgan fingerprint density at radius 2 is 2.14 bits per heavy atom. The average molecular weight is 421 g/mol. The Labute approximate surface area is 167 Å². The number of methoxy groups -OCH3 is 1. The van der Waals surface area contributed by atoms with Crippen molar-refractivity contribution in [1.29, 1.82) is 0 Å². The van der Waals surface area contributed by atoms with Gasteiger partial charge in [0, 0.05) is 11.2 Å². The summed E-state index contributed by atoms with van der Waals surface area (Å²) >= 11 is 5.97. The van der Waals surface area contributed by atoms with Crippen molar-refractivity contribution in [2.75, 3.05) is 18.4 Å². The highest BCUT2D eigenvalue weighted by atomic mass is 35.5. The Hall–Kier alpha value is -2.78. The van der Waals surface area contributed by atoms with Gasteiger partial charge in [-0.25, -0.2) is 13.4 Å². The van der Waals surface area contributed by atoms with Gasteiger partial charge in [-0.05, 0) is 37.3 Å².